The Kier molecular flexibility index (Phi) is 4.34. The summed E-state index contributed by atoms with van der Waals surface area (Å²) in [6.45, 7) is 3.92. The molecule has 1 aromatic carbocycles. The molecule has 2 rings (SSSR count). The van der Waals surface area contributed by atoms with Gasteiger partial charge < -0.3 is 4.74 Å². The van der Waals surface area contributed by atoms with E-state index in [2.05, 4.69) is 10.3 Å². The van der Waals surface area contributed by atoms with E-state index >= 15 is 0 Å². The zero-order chi connectivity index (χ0) is 12.8. The minimum Gasteiger partial charge on any atom is -0.494 e. The van der Waals surface area contributed by atoms with Crippen LogP contribution in [-0.4, -0.2) is 31.3 Å². The van der Waals surface area contributed by atoms with E-state index in [1.54, 1.807) is 0 Å². The first-order chi connectivity index (χ1) is 8.79. The van der Waals surface area contributed by atoms with E-state index in [1.807, 2.05) is 31.2 Å². The topological polar surface area (TPSA) is 52.3 Å². The molecule has 0 bridgehead atoms. The van der Waals surface area contributed by atoms with Crippen LogP contribution in [0.5, 0.6) is 5.75 Å². The Morgan fingerprint density at radius 3 is 2.78 bits per heavy atom. The maximum Gasteiger partial charge on any atom is 0.243 e. The van der Waals surface area contributed by atoms with Gasteiger partial charge in [-0.3, -0.25) is 15.1 Å². The SMILES string of the molecule is CCOc1ccc(C(=O)CNC2=[NH+]CCC2)cc1. The highest BCUT2D eigenvalue weighted by atomic mass is 16.5. The van der Waals surface area contributed by atoms with Crippen molar-refractivity contribution in [3.63, 3.8) is 0 Å². The first-order valence-corrected chi connectivity index (χ1v) is 6.39. The lowest BCUT2D eigenvalue weighted by molar-refractivity contribution is -0.449. The van der Waals surface area contributed by atoms with Crippen LogP contribution in [0.2, 0.25) is 0 Å². The number of rotatable bonds is 5. The molecule has 96 valence electrons. The van der Waals surface area contributed by atoms with Crippen LogP contribution in [0, 0.1) is 0 Å². The molecule has 0 saturated carbocycles. The third-order valence-corrected chi connectivity index (χ3v) is 2.89. The lowest BCUT2D eigenvalue weighted by Crippen LogP contribution is -2.72. The first-order valence-electron chi connectivity index (χ1n) is 6.39. The smallest absolute Gasteiger partial charge is 0.243 e. The molecule has 0 aliphatic carbocycles. The Morgan fingerprint density at radius 1 is 1.39 bits per heavy atom. The van der Waals surface area contributed by atoms with Gasteiger partial charge in [0.25, 0.3) is 0 Å². The molecule has 1 aliphatic rings. The number of amidine groups is 1. The van der Waals surface area contributed by atoms with Crippen molar-refractivity contribution in [3.8, 4) is 5.75 Å². The summed E-state index contributed by atoms with van der Waals surface area (Å²) in [5, 5.41) is 3.14. The molecule has 0 unspecified atom stereocenters. The van der Waals surface area contributed by atoms with Crippen LogP contribution in [0.15, 0.2) is 24.3 Å². The van der Waals surface area contributed by atoms with Gasteiger partial charge >= 0.3 is 0 Å². The van der Waals surface area contributed by atoms with Gasteiger partial charge in [-0.25, -0.2) is 0 Å². The number of hydrogen-bond acceptors (Lipinski definition) is 3. The van der Waals surface area contributed by atoms with Crippen molar-refractivity contribution >= 4 is 11.6 Å². The van der Waals surface area contributed by atoms with Crippen LogP contribution in [0.1, 0.15) is 30.1 Å². The third kappa shape index (κ3) is 3.32. The summed E-state index contributed by atoms with van der Waals surface area (Å²) >= 11 is 0. The third-order valence-electron chi connectivity index (χ3n) is 2.89. The largest absolute Gasteiger partial charge is 0.494 e. The fourth-order valence-electron chi connectivity index (χ4n) is 1.94. The number of ketones is 1. The van der Waals surface area contributed by atoms with E-state index in [1.165, 1.54) is 0 Å². The van der Waals surface area contributed by atoms with Gasteiger partial charge in [-0.2, -0.15) is 0 Å². The number of hydrogen-bond donors (Lipinski definition) is 2. The van der Waals surface area contributed by atoms with E-state index in [-0.39, 0.29) is 5.78 Å². The monoisotopic (exact) mass is 247 g/mol. The predicted molar refractivity (Wildman–Crippen MR) is 70.0 cm³/mol. The van der Waals surface area contributed by atoms with Crippen LogP contribution >= 0.6 is 0 Å². The van der Waals surface area contributed by atoms with Gasteiger partial charge in [0.2, 0.25) is 11.6 Å². The number of ether oxygens (including phenoxy) is 1. The standard InChI is InChI=1S/C14H18N2O2/c1-2-18-12-7-5-11(6-8-12)13(17)10-16-14-4-3-9-15-14/h5-8H,2-4,9-10H2,1H3,(H,15,16)/p+1. The molecule has 0 spiro atoms. The molecular weight excluding hydrogens is 228 g/mol. The maximum absolute atomic E-state index is 11.9. The number of carbonyl (C=O) groups is 1. The van der Waals surface area contributed by atoms with Crippen molar-refractivity contribution in [2.24, 2.45) is 0 Å². The van der Waals surface area contributed by atoms with E-state index in [4.69, 9.17) is 4.74 Å². The Morgan fingerprint density at radius 2 is 2.17 bits per heavy atom. The van der Waals surface area contributed by atoms with Gasteiger partial charge in [0.1, 0.15) is 12.3 Å². The second kappa shape index (κ2) is 6.19. The number of Topliss-reactive ketones (excluding diaryl/α,β-unsaturated/α-hetero) is 1. The fraction of sp³-hybridized carbons (Fsp3) is 0.429. The van der Waals surface area contributed by atoms with Crippen LogP contribution in [-0.2, 0) is 0 Å². The normalized spacial score (nSPS) is 14.2. The molecule has 4 nitrogen and oxygen atoms in total. The molecule has 0 saturated heterocycles. The molecule has 1 aliphatic heterocycles. The Labute approximate surface area is 107 Å². The molecule has 1 aromatic rings. The summed E-state index contributed by atoms with van der Waals surface area (Å²) in [7, 11) is 0. The second-order valence-electron chi connectivity index (χ2n) is 4.24. The predicted octanol–water partition coefficient (Wildman–Crippen LogP) is 0.131. The Bertz CT molecular complexity index is 438. The van der Waals surface area contributed by atoms with E-state index in [9.17, 15) is 4.79 Å². The van der Waals surface area contributed by atoms with Gasteiger partial charge in [0.15, 0.2) is 0 Å². The first kappa shape index (κ1) is 12.6. The van der Waals surface area contributed by atoms with Crippen molar-refractivity contribution in [3.05, 3.63) is 29.8 Å². The molecule has 1 heterocycles. The quantitative estimate of drug-likeness (QED) is 0.727. The zero-order valence-electron chi connectivity index (χ0n) is 10.7. The summed E-state index contributed by atoms with van der Waals surface area (Å²) in [5.74, 6) is 1.97. The maximum atomic E-state index is 11.9. The average Bonchev–Trinajstić information content (AvgIpc) is 2.90. The van der Waals surface area contributed by atoms with Gasteiger partial charge in [-0.1, -0.05) is 0 Å². The van der Waals surface area contributed by atoms with Crippen LogP contribution in [0.3, 0.4) is 0 Å². The van der Waals surface area contributed by atoms with Crippen molar-refractivity contribution in [1.29, 1.82) is 0 Å². The molecule has 0 aromatic heterocycles. The van der Waals surface area contributed by atoms with Gasteiger partial charge in [-0.15, -0.1) is 0 Å². The lowest BCUT2D eigenvalue weighted by atomic mass is 10.1. The molecule has 18 heavy (non-hydrogen) atoms. The molecule has 0 amide bonds. The highest BCUT2D eigenvalue weighted by molar-refractivity contribution is 5.99. The molecule has 4 heteroatoms. The summed E-state index contributed by atoms with van der Waals surface area (Å²) in [5.41, 5.74) is 0.713. The van der Waals surface area contributed by atoms with Crippen molar-refractivity contribution in [2.45, 2.75) is 19.8 Å². The minimum absolute atomic E-state index is 0.0965. The summed E-state index contributed by atoms with van der Waals surface area (Å²) in [6, 6.07) is 7.28. The molecule has 0 radical (unpaired) electrons. The van der Waals surface area contributed by atoms with Crippen molar-refractivity contribution in [2.75, 3.05) is 19.7 Å². The van der Waals surface area contributed by atoms with Gasteiger partial charge in [0, 0.05) is 5.56 Å². The van der Waals surface area contributed by atoms with E-state index in [0.717, 1.165) is 31.0 Å². The highest BCUT2D eigenvalue weighted by Crippen LogP contribution is 2.12. The molecule has 0 atom stereocenters. The van der Waals surface area contributed by atoms with Crippen LogP contribution in [0.25, 0.3) is 0 Å². The Hall–Kier alpha value is -1.84. The summed E-state index contributed by atoms with van der Waals surface area (Å²) in [4.78, 5) is 15.1. The lowest BCUT2D eigenvalue weighted by Gasteiger charge is -2.04. The van der Waals surface area contributed by atoms with Crippen LogP contribution in [0.4, 0.5) is 0 Å². The van der Waals surface area contributed by atoms with Crippen molar-refractivity contribution < 1.29 is 14.5 Å². The Balaban J connectivity index is 1.87. The van der Waals surface area contributed by atoms with Gasteiger partial charge in [-0.05, 0) is 37.6 Å². The number of benzene rings is 1. The number of nitrogens with one attached hydrogen (secondary N) is 2. The van der Waals surface area contributed by atoms with E-state index in [0.29, 0.717) is 18.7 Å². The highest BCUT2D eigenvalue weighted by Gasteiger charge is 2.14. The van der Waals surface area contributed by atoms with Crippen LogP contribution < -0.4 is 15.0 Å². The average molecular weight is 247 g/mol. The van der Waals surface area contributed by atoms with Gasteiger partial charge in [0.05, 0.1) is 19.6 Å². The second-order valence-corrected chi connectivity index (χ2v) is 4.24. The minimum atomic E-state index is 0.0965. The van der Waals surface area contributed by atoms with E-state index < -0.39 is 0 Å². The molecule has 0 fully saturated rings. The summed E-state index contributed by atoms with van der Waals surface area (Å²) < 4.78 is 5.34. The zero-order valence-corrected chi connectivity index (χ0v) is 10.7. The molecule has 2 N–H and O–H groups in total. The fourth-order valence-corrected chi connectivity index (χ4v) is 1.94. The van der Waals surface area contributed by atoms with Crippen molar-refractivity contribution in [1.82, 2.24) is 5.32 Å². The summed E-state index contributed by atoms with van der Waals surface area (Å²) in [6.07, 6.45) is 2.15. The number of carbonyl (C=O) groups excluding carboxylic acids is 1. The molecular formula is C14H19N2O2+.